The number of hydrogen-bond donors (Lipinski definition) is 3. The molecule has 26 heavy (non-hydrogen) atoms. The second kappa shape index (κ2) is 12.3. The van der Waals surface area contributed by atoms with E-state index in [0.29, 0.717) is 18.9 Å². The molecule has 1 saturated heterocycles. The number of nitrogens with one attached hydrogen (secondary N) is 3. The Morgan fingerprint density at radius 3 is 2.27 bits per heavy atom. The van der Waals surface area contributed by atoms with Crippen LogP contribution in [-0.2, 0) is 9.59 Å². The first-order chi connectivity index (χ1) is 12.1. The van der Waals surface area contributed by atoms with Crippen LogP contribution >= 0.6 is 24.0 Å². The van der Waals surface area contributed by atoms with Gasteiger partial charge in [-0.25, -0.2) is 0 Å². The Bertz CT molecular complexity index is 474. The Hall–Kier alpha value is -1.06. The average Bonchev–Trinajstić information content (AvgIpc) is 2.57. The van der Waals surface area contributed by atoms with Crippen molar-refractivity contribution in [3.8, 4) is 0 Å². The van der Waals surface area contributed by atoms with Gasteiger partial charge >= 0.3 is 0 Å². The number of nitrogens with zero attached hydrogens (tertiary/aromatic N) is 2. The van der Waals surface area contributed by atoms with Crippen molar-refractivity contribution in [3.05, 3.63) is 0 Å². The fraction of sp³-hybridized carbons (Fsp3) is 0.833. The smallest absolute Gasteiger partial charge is 0.223 e. The van der Waals surface area contributed by atoms with Crippen LogP contribution < -0.4 is 16.0 Å². The second-order valence-corrected chi connectivity index (χ2v) is 7.05. The maximum Gasteiger partial charge on any atom is 0.223 e. The fourth-order valence-electron chi connectivity index (χ4n) is 3.36. The first-order valence-electron chi connectivity index (χ1n) is 9.58. The van der Waals surface area contributed by atoms with E-state index in [2.05, 4.69) is 25.8 Å². The Balaban J connectivity index is 0.00000338. The molecule has 1 heterocycles. The van der Waals surface area contributed by atoms with Crippen LogP contribution in [0.2, 0.25) is 0 Å². The van der Waals surface area contributed by atoms with Crippen LogP contribution in [0.3, 0.4) is 0 Å². The second-order valence-electron chi connectivity index (χ2n) is 7.05. The number of rotatable bonds is 7. The van der Waals surface area contributed by atoms with E-state index in [0.717, 1.165) is 57.7 Å². The molecule has 1 aliphatic heterocycles. The zero-order chi connectivity index (χ0) is 18.1. The van der Waals surface area contributed by atoms with Gasteiger partial charge in [0.05, 0.1) is 0 Å². The van der Waals surface area contributed by atoms with Crippen molar-refractivity contribution in [2.24, 2.45) is 16.8 Å². The molecule has 150 valence electrons. The summed E-state index contributed by atoms with van der Waals surface area (Å²) in [5, 5.41) is 9.10. The van der Waals surface area contributed by atoms with Crippen LogP contribution in [0.5, 0.6) is 0 Å². The number of hydrogen-bond acceptors (Lipinski definition) is 3. The summed E-state index contributed by atoms with van der Waals surface area (Å²) in [6, 6.07) is 0. The third kappa shape index (κ3) is 7.28. The van der Waals surface area contributed by atoms with Gasteiger partial charge in [0.2, 0.25) is 11.8 Å². The Kier molecular flexibility index (Phi) is 10.9. The molecule has 3 N–H and O–H groups in total. The number of aliphatic imine (C=N–C) groups is 1. The van der Waals surface area contributed by atoms with Gasteiger partial charge in [0.25, 0.3) is 0 Å². The molecule has 0 aromatic rings. The van der Waals surface area contributed by atoms with Gasteiger partial charge in [-0.05, 0) is 38.0 Å². The summed E-state index contributed by atoms with van der Waals surface area (Å²) in [5.41, 5.74) is 0. The first-order valence-corrected chi connectivity index (χ1v) is 9.58. The average molecular weight is 479 g/mol. The van der Waals surface area contributed by atoms with Gasteiger partial charge in [-0.2, -0.15) is 0 Å². The molecule has 0 aromatic carbocycles. The zero-order valence-corrected chi connectivity index (χ0v) is 18.4. The molecule has 0 radical (unpaired) electrons. The van der Waals surface area contributed by atoms with Crippen molar-refractivity contribution in [3.63, 3.8) is 0 Å². The van der Waals surface area contributed by atoms with E-state index in [1.807, 2.05) is 0 Å². The molecule has 1 aliphatic carbocycles. The number of likely N-dealkylation sites (tertiary alicyclic amines) is 1. The van der Waals surface area contributed by atoms with E-state index in [1.54, 1.807) is 14.1 Å². The largest absolute Gasteiger partial charge is 0.359 e. The van der Waals surface area contributed by atoms with E-state index < -0.39 is 0 Å². The Morgan fingerprint density at radius 1 is 1.08 bits per heavy atom. The van der Waals surface area contributed by atoms with Crippen molar-refractivity contribution in [2.45, 2.75) is 44.9 Å². The minimum Gasteiger partial charge on any atom is -0.359 e. The number of piperidine rings is 1. The molecule has 7 nitrogen and oxygen atoms in total. The van der Waals surface area contributed by atoms with Gasteiger partial charge < -0.3 is 20.9 Å². The minimum atomic E-state index is 0. The molecule has 0 spiro atoms. The highest BCUT2D eigenvalue weighted by Gasteiger charge is 2.25. The van der Waals surface area contributed by atoms with Gasteiger partial charge in [0.15, 0.2) is 5.96 Å². The van der Waals surface area contributed by atoms with Crippen LogP contribution in [0.4, 0.5) is 0 Å². The molecule has 0 unspecified atom stereocenters. The highest BCUT2D eigenvalue weighted by molar-refractivity contribution is 14.0. The van der Waals surface area contributed by atoms with Crippen molar-refractivity contribution < 1.29 is 9.59 Å². The lowest BCUT2D eigenvalue weighted by molar-refractivity contribution is -0.127. The van der Waals surface area contributed by atoms with Gasteiger partial charge in [-0.1, -0.05) is 6.42 Å². The zero-order valence-electron chi connectivity index (χ0n) is 16.1. The van der Waals surface area contributed by atoms with Gasteiger partial charge in [-0.15, -0.1) is 24.0 Å². The van der Waals surface area contributed by atoms with E-state index in [1.165, 1.54) is 6.42 Å². The SMILES string of the molecule is CN=C(NCCCNC(=O)C1CCC1)N1CCC(CC(=O)NC)CC1.I. The van der Waals surface area contributed by atoms with Gasteiger partial charge in [0, 0.05) is 52.6 Å². The number of carbonyl (C=O) groups is 2. The highest BCUT2D eigenvalue weighted by Crippen LogP contribution is 2.26. The molecule has 2 rings (SSSR count). The molecule has 2 fully saturated rings. The van der Waals surface area contributed by atoms with Crippen molar-refractivity contribution >= 4 is 41.8 Å². The number of amides is 2. The Labute approximate surface area is 174 Å². The summed E-state index contributed by atoms with van der Waals surface area (Å²) in [6.45, 7) is 3.38. The summed E-state index contributed by atoms with van der Waals surface area (Å²) in [4.78, 5) is 29.9. The van der Waals surface area contributed by atoms with Gasteiger partial charge in [-0.3, -0.25) is 14.6 Å². The van der Waals surface area contributed by atoms with Crippen LogP contribution in [0, 0.1) is 11.8 Å². The third-order valence-electron chi connectivity index (χ3n) is 5.29. The molecule has 2 aliphatic rings. The normalized spacial score (nSPS) is 18.5. The lowest BCUT2D eigenvalue weighted by Crippen LogP contribution is -2.46. The molecule has 0 aromatic heterocycles. The molecule has 2 amide bonds. The van der Waals surface area contributed by atoms with Gasteiger partial charge in [0.1, 0.15) is 0 Å². The highest BCUT2D eigenvalue weighted by atomic mass is 127. The summed E-state index contributed by atoms with van der Waals surface area (Å²) in [6.07, 6.45) is 6.84. The Morgan fingerprint density at radius 2 is 1.73 bits per heavy atom. The van der Waals surface area contributed by atoms with Crippen molar-refractivity contribution in [1.29, 1.82) is 0 Å². The topological polar surface area (TPSA) is 85.8 Å². The molecular formula is C18H34IN5O2. The van der Waals surface area contributed by atoms with E-state index in [-0.39, 0.29) is 41.7 Å². The van der Waals surface area contributed by atoms with Crippen LogP contribution in [-0.4, -0.2) is 62.9 Å². The van der Waals surface area contributed by atoms with Crippen molar-refractivity contribution in [1.82, 2.24) is 20.9 Å². The van der Waals surface area contributed by atoms with Crippen molar-refractivity contribution in [2.75, 3.05) is 40.3 Å². The molecule has 0 bridgehead atoms. The summed E-state index contributed by atoms with van der Waals surface area (Å²) in [7, 11) is 3.50. The lowest BCUT2D eigenvalue weighted by Gasteiger charge is -2.34. The van der Waals surface area contributed by atoms with Crippen LogP contribution in [0.25, 0.3) is 0 Å². The quantitative estimate of drug-likeness (QED) is 0.223. The predicted molar refractivity (Wildman–Crippen MR) is 115 cm³/mol. The predicted octanol–water partition coefficient (Wildman–Crippen LogP) is 1.33. The van der Waals surface area contributed by atoms with E-state index in [9.17, 15) is 9.59 Å². The summed E-state index contributed by atoms with van der Waals surface area (Å²) < 4.78 is 0. The monoisotopic (exact) mass is 479 g/mol. The number of carbonyl (C=O) groups excluding carboxylic acids is 2. The lowest BCUT2D eigenvalue weighted by atomic mass is 9.85. The maximum absolute atomic E-state index is 11.8. The first kappa shape index (κ1) is 23.0. The number of halogens is 1. The summed E-state index contributed by atoms with van der Waals surface area (Å²) >= 11 is 0. The van der Waals surface area contributed by atoms with E-state index in [4.69, 9.17) is 0 Å². The third-order valence-corrected chi connectivity index (χ3v) is 5.29. The minimum absolute atomic E-state index is 0. The molecular weight excluding hydrogens is 445 g/mol. The molecule has 0 atom stereocenters. The molecule has 1 saturated carbocycles. The van der Waals surface area contributed by atoms with Crippen LogP contribution in [0.1, 0.15) is 44.9 Å². The maximum atomic E-state index is 11.8. The van der Waals surface area contributed by atoms with Crippen LogP contribution in [0.15, 0.2) is 4.99 Å². The fourth-order valence-corrected chi connectivity index (χ4v) is 3.36. The standard InChI is InChI=1S/C18H33N5O2.HI/c1-19-16(24)13-14-7-11-23(12-8-14)18(20-2)22-10-4-9-21-17(25)15-5-3-6-15;/h14-15H,3-13H2,1-2H3,(H,19,24)(H,20,22)(H,21,25);1H. The summed E-state index contributed by atoms with van der Waals surface area (Å²) in [5.74, 6) is 2.00. The number of guanidine groups is 1. The van der Waals surface area contributed by atoms with E-state index >= 15 is 0 Å². The molecule has 8 heteroatoms.